The monoisotopic (exact) mass is 195 g/mol. The van der Waals surface area contributed by atoms with Crippen molar-refractivity contribution in [3.63, 3.8) is 0 Å². The lowest BCUT2D eigenvalue weighted by atomic mass is 10.3. The fourth-order valence-electron chi connectivity index (χ4n) is 0.859. The normalized spacial score (nSPS) is 12.2. The average molecular weight is 195 g/mol. The lowest BCUT2D eigenvalue weighted by Crippen LogP contribution is -2.14. The van der Waals surface area contributed by atoms with Gasteiger partial charge in [0, 0.05) is 7.11 Å². The number of rotatable bonds is 4. The minimum absolute atomic E-state index is 0.289. The summed E-state index contributed by atoms with van der Waals surface area (Å²) in [5, 5.41) is 0. The number of methoxy groups -OCH3 is 1. The Bertz CT molecular complexity index is 265. The predicted octanol–water partition coefficient (Wildman–Crippen LogP) is 1.52. The maximum atomic E-state index is 5.41. The first-order valence-corrected chi connectivity index (χ1v) is 4.30. The van der Waals surface area contributed by atoms with Crippen LogP contribution in [0.5, 0.6) is 11.5 Å². The van der Waals surface area contributed by atoms with Crippen LogP contribution in [0.1, 0.15) is 6.92 Å². The predicted molar refractivity (Wildman–Crippen MR) is 49.9 cm³/mol. The molecule has 0 saturated heterocycles. The van der Waals surface area contributed by atoms with E-state index >= 15 is 0 Å². The molecule has 0 N–H and O–H groups in total. The van der Waals surface area contributed by atoms with Crippen LogP contribution in [0.3, 0.4) is 0 Å². The van der Waals surface area contributed by atoms with Gasteiger partial charge in [-0.2, -0.15) is 0 Å². The summed E-state index contributed by atoms with van der Waals surface area (Å²) < 4.78 is 15.3. The van der Waals surface area contributed by atoms with Gasteiger partial charge in [-0.15, -0.1) is 0 Å². The molecular weight excluding hydrogens is 184 g/mol. The van der Waals surface area contributed by atoms with E-state index in [-0.39, 0.29) is 6.29 Å². The van der Waals surface area contributed by atoms with E-state index in [1.165, 1.54) is 0 Å². The zero-order chi connectivity index (χ0) is 9.68. The van der Waals surface area contributed by atoms with Crippen molar-refractivity contribution in [2.45, 2.75) is 13.2 Å². The number of benzene rings is 1. The van der Waals surface area contributed by atoms with E-state index in [0.717, 1.165) is 0 Å². The van der Waals surface area contributed by atoms with Crippen LogP contribution in [0.25, 0.3) is 0 Å². The van der Waals surface area contributed by atoms with Crippen LogP contribution in [0.2, 0.25) is 0 Å². The van der Waals surface area contributed by atoms with Gasteiger partial charge in [0.05, 0.1) is 0 Å². The highest BCUT2D eigenvalue weighted by Crippen LogP contribution is 2.26. The Balaban J connectivity index is 2.74. The Labute approximate surface area is 81.2 Å². The first-order chi connectivity index (χ1) is 6.27. The molecule has 0 spiro atoms. The number of ether oxygens (including phenoxy) is 2. The largest absolute Gasteiger partial charge is 0.538 e. The minimum atomic E-state index is -0.289. The molecule has 1 unspecified atom stereocenters. The SMILES string of the molecule is COC(C)Oc1ccccc1O[Si]. The van der Waals surface area contributed by atoms with Crippen LogP contribution in [-0.4, -0.2) is 23.9 Å². The van der Waals surface area contributed by atoms with Crippen molar-refractivity contribution in [1.29, 1.82) is 0 Å². The molecule has 69 valence electrons. The summed E-state index contributed by atoms with van der Waals surface area (Å²) in [5.74, 6) is 1.27. The third-order valence-corrected chi connectivity index (χ3v) is 1.80. The summed E-state index contributed by atoms with van der Waals surface area (Å²) in [6.45, 7) is 1.81. The molecule has 0 fully saturated rings. The molecule has 0 amide bonds. The van der Waals surface area contributed by atoms with Gasteiger partial charge in [-0.3, -0.25) is 0 Å². The van der Waals surface area contributed by atoms with Gasteiger partial charge >= 0.3 is 10.5 Å². The first-order valence-electron chi connectivity index (χ1n) is 3.90. The summed E-state index contributed by atoms with van der Waals surface area (Å²) in [5.41, 5.74) is 0. The molecule has 3 nitrogen and oxygen atoms in total. The highest BCUT2D eigenvalue weighted by atomic mass is 28.2. The van der Waals surface area contributed by atoms with E-state index in [1.807, 2.05) is 25.1 Å². The lowest BCUT2D eigenvalue weighted by molar-refractivity contribution is -0.0390. The second-order valence-corrected chi connectivity index (χ2v) is 2.67. The molecule has 0 aliphatic heterocycles. The van der Waals surface area contributed by atoms with E-state index in [4.69, 9.17) is 13.9 Å². The third kappa shape index (κ3) is 2.75. The van der Waals surface area contributed by atoms with Crippen molar-refractivity contribution in [3.05, 3.63) is 24.3 Å². The summed E-state index contributed by atoms with van der Waals surface area (Å²) in [6, 6.07) is 7.34. The van der Waals surface area contributed by atoms with Gasteiger partial charge in [0.2, 0.25) is 0 Å². The quantitative estimate of drug-likeness (QED) is 0.538. The maximum absolute atomic E-state index is 5.41. The standard InChI is InChI=1S/C9H11O3Si/c1-7(10-2)11-8-5-3-4-6-9(8)12-13/h3-7H,1-2H3. The molecule has 1 rings (SSSR count). The molecular formula is C9H11O3Si. The highest BCUT2D eigenvalue weighted by molar-refractivity contribution is 6.00. The fraction of sp³-hybridized carbons (Fsp3) is 0.333. The molecule has 3 radical (unpaired) electrons. The van der Waals surface area contributed by atoms with Crippen molar-refractivity contribution in [2.75, 3.05) is 7.11 Å². The molecule has 0 bridgehead atoms. The summed E-state index contributed by atoms with van der Waals surface area (Å²) in [4.78, 5) is 0. The molecule has 0 aliphatic rings. The second-order valence-electron chi connectivity index (χ2n) is 2.47. The van der Waals surface area contributed by atoms with Gasteiger partial charge < -0.3 is 13.9 Å². The third-order valence-electron chi connectivity index (χ3n) is 1.58. The van der Waals surface area contributed by atoms with Crippen molar-refractivity contribution >= 4 is 10.5 Å². The van der Waals surface area contributed by atoms with Gasteiger partial charge in [-0.25, -0.2) is 0 Å². The number of hydrogen-bond donors (Lipinski definition) is 0. The van der Waals surface area contributed by atoms with Crippen LogP contribution < -0.4 is 9.16 Å². The van der Waals surface area contributed by atoms with Gasteiger partial charge in [-0.1, -0.05) is 12.1 Å². The Morgan fingerprint density at radius 3 is 2.38 bits per heavy atom. The molecule has 1 atom stereocenters. The van der Waals surface area contributed by atoms with Crippen molar-refractivity contribution in [3.8, 4) is 11.5 Å². The smallest absolute Gasteiger partial charge is 0.341 e. The molecule has 13 heavy (non-hydrogen) atoms. The van der Waals surface area contributed by atoms with Crippen LogP contribution in [0.4, 0.5) is 0 Å². The topological polar surface area (TPSA) is 27.7 Å². The first kappa shape index (κ1) is 10.1. The van der Waals surface area contributed by atoms with Crippen LogP contribution in [-0.2, 0) is 4.74 Å². The van der Waals surface area contributed by atoms with Crippen LogP contribution in [0.15, 0.2) is 24.3 Å². The van der Waals surface area contributed by atoms with E-state index in [0.29, 0.717) is 11.5 Å². The molecule has 1 aromatic rings. The maximum Gasteiger partial charge on any atom is 0.341 e. The Kier molecular flexibility index (Phi) is 3.79. The zero-order valence-corrected chi connectivity index (χ0v) is 8.61. The molecule has 4 heteroatoms. The van der Waals surface area contributed by atoms with Gasteiger partial charge in [-0.05, 0) is 19.1 Å². The van der Waals surface area contributed by atoms with Gasteiger partial charge in [0.25, 0.3) is 0 Å². The summed E-state index contributed by atoms with van der Waals surface area (Å²) >= 11 is 0. The summed E-state index contributed by atoms with van der Waals surface area (Å²) in [6.07, 6.45) is -0.289. The fourth-order valence-corrected chi connectivity index (χ4v) is 1.03. The van der Waals surface area contributed by atoms with E-state index in [1.54, 1.807) is 13.2 Å². The molecule has 0 aliphatic carbocycles. The van der Waals surface area contributed by atoms with Crippen molar-refractivity contribution < 1.29 is 13.9 Å². The van der Waals surface area contributed by atoms with E-state index in [2.05, 4.69) is 10.5 Å². The molecule has 1 aromatic carbocycles. The Hall–Kier alpha value is -1.00. The molecule has 0 saturated carbocycles. The van der Waals surface area contributed by atoms with Crippen molar-refractivity contribution in [2.24, 2.45) is 0 Å². The Morgan fingerprint density at radius 1 is 1.23 bits per heavy atom. The zero-order valence-electron chi connectivity index (χ0n) is 7.61. The van der Waals surface area contributed by atoms with Gasteiger partial charge in [0.1, 0.15) is 5.75 Å². The number of hydrogen-bond acceptors (Lipinski definition) is 3. The lowest BCUT2D eigenvalue weighted by Gasteiger charge is -2.14. The molecule has 0 aromatic heterocycles. The number of para-hydroxylation sites is 2. The van der Waals surface area contributed by atoms with Crippen LogP contribution in [0, 0.1) is 0 Å². The summed E-state index contributed by atoms with van der Waals surface area (Å²) in [7, 11) is 4.53. The highest BCUT2D eigenvalue weighted by Gasteiger charge is 2.05. The van der Waals surface area contributed by atoms with Crippen LogP contribution >= 0.6 is 0 Å². The Morgan fingerprint density at radius 2 is 1.85 bits per heavy atom. The average Bonchev–Trinajstić information content (AvgIpc) is 2.18. The molecule has 0 heterocycles. The van der Waals surface area contributed by atoms with E-state index in [9.17, 15) is 0 Å². The second kappa shape index (κ2) is 4.89. The van der Waals surface area contributed by atoms with Gasteiger partial charge in [0.15, 0.2) is 12.0 Å². The van der Waals surface area contributed by atoms with E-state index < -0.39 is 0 Å². The minimum Gasteiger partial charge on any atom is -0.538 e. The van der Waals surface area contributed by atoms with Crippen molar-refractivity contribution in [1.82, 2.24) is 0 Å².